The van der Waals surface area contributed by atoms with Gasteiger partial charge >= 0.3 is 0 Å². The molecular formula is C15H12N2OS3. The number of thioether (sulfide) groups is 2. The van der Waals surface area contributed by atoms with Crippen LogP contribution in [0.2, 0.25) is 0 Å². The van der Waals surface area contributed by atoms with Crippen molar-refractivity contribution in [1.82, 2.24) is 10.2 Å². The van der Waals surface area contributed by atoms with Gasteiger partial charge in [0.1, 0.15) is 0 Å². The third-order valence-corrected chi connectivity index (χ3v) is 5.99. The van der Waals surface area contributed by atoms with Crippen LogP contribution < -0.4 is 0 Å². The second-order valence-electron chi connectivity index (χ2n) is 4.31. The average molecular weight is 332 g/mol. The number of Topliss-reactive ketones (excluding diaryl/α,β-unsaturated/α-hetero) is 1. The van der Waals surface area contributed by atoms with Gasteiger partial charge in [-0.3, -0.25) is 4.79 Å². The van der Waals surface area contributed by atoms with E-state index in [0.29, 0.717) is 5.75 Å². The molecule has 3 rings (SSSR count). The lowest BCUT2D eigenvalue weighted by Crippen LogP contribution is -2.02. The van der Waals surface area contributed by atoms with Crippen molar-refractivity contribution < 1.29 is 4.79 Å². The highest BCUT2D eigenvalue weighted by Crippen LogP contribution is 2.28. The minimum absolute atomic E-state index is 0.117. The van der Waals surface area contributed by atoms with Gasteiger partial charge in [-0.2, -0.15) is 0 Å². The summed E-state index contributed by atoms with van der Waals surface area (Å²) < 4.78 is 1.77. The fourth-order valence-corrected chi connectivity index (χ4v) is 4.24. The lowest BCUT2D eigenvalue weighted by Gasteiger charge is -2.02. The van der Waals surface area contributed by atoms with Crippen molar-refractivity contribution in [2.24, 2.45) is 0 Å². The minimum Gasteiger partial charge on any atom is -0.293 e. The summed E-state index contributed by atoms with van der Waals surface area (Å²) in [5, 5.41) is 10.3. The molecule has 1 aromatic heterocycles. The normalized spacial score (nSPS) is 10.9. The molecule has 0 aliphatic heterocycles. The van der Waals surface area contributed by atoms with Gasteiger partial charge in [-0.1, -0.05) is 71.3 Å². The number of carbonyl (C=O) groups excluding carboxylic acids is 1. The van der Waals surface area contributed by atoms with Gasteiger partial charge in [-0.25, -0.2) is 0 Å². The van der Waals surface area contributed by atoms with Crippen LogP contribution in [0.3, 0.4) is 0 Å². The molecule has 0 radical (unpaired) electrons. The summed E-state index contributed by atoms with van der Waals surface area (Å²) in [5.74, 6) is 0.508. The first kappa shape index (κ1) is 14.6. The lowest BCUT2D eigenvalue weighted by atomic mass is 10.1. The van der Waals surface area contributed by atoms with Crippen LogP contribution in [0.4, 0.5) is 0 Å². The third kappa shape index (κ3) is 3.45. The second-order valence-corrected chi connectivity index (χ2v) is 7.57. The summed E-state index contributed by atoms with van der Waals surface area (Å²) in [6.07, 6.45) is 1.97. The first-order valence-corrected chi connectivity index (χ1v) is 9.31. The molecule has 1 heterocycles. The van der Waals surface area contributed by atoms with E-state index in [2.05, 4.69) is 10.2 Å². The zero-order chi connectivity index (χ0) is 14.7. The van der Waals surface area contributed by atoms with E-state index in [-0.39, 0.29) is 5.78 Å². The fourth-order valence-electron chi connectivity index (χ4n) is 1.91. The molecule has 2 aromatic carbocycles. The summed E-state index contributed by atoms with van der Waals surface area (Å²) >= 11 is 4.54. The Morgan fingerprint density at radius 1 is 1.10 bits per heavy atom. The predicted molar refractivity (Wildman–Crippen MR) is 90.7 cm³/mol. The number of benzene rings is 2. The summed E-state index contributed by atoms with van der Waals surface area (Å²) in [6, 6.07) is 13.9. The molecule has 0 saturated carbocycles. The van der Waals surface area contributed by atoms with Crippen LogP contribution in [0.25, 0.3) is 10.8 Å². The van der Waals surface area contributed by atoms with Crippen molar-refractivity contribution in [2.75, 3.05) is 12.0 Å². The van der Waals surface area contributed by atoms with Crippen molar-refractivity contribution >= 4 is 51.4 Å². The maximum absolute atomic E-state index is 12.3. The minimum atomic E-state index is 0.117. The molecule has 21 heavy (non-hydrogen) atoms. The predicted octanol–water partition coefficient (Wildman–Crippen LogP) is 4.39. The maximum atomic E-state index is 12.3. The van der Waals surface area contributed by atoms with Gasteiger partial charge in [-0.05, 0) is 23.1 Å². The summed E-state index contributed by atoms with van der Waals surface area (Å²) in [6.45, 7) is 0. The summed E-state index contributed by atoms with van der Waals surface area (Å²) in [7, 11) is 0. The lowest BCUT2D eigenvalue weighted by molar-refractivity contribution is 0.102. The van der Waals surface area contributed by atoms with Crippen molar-refractivity contribution in [3.05, 3.63) is 48.0 Å². The van der Waals surface area contributed by atoms with Crippen molar-refractivity contribution in [3.8, 4) is 0 Å². The molecular weight excluding hydrogens is 320 g/mol. The monoisotopic (exact) mass is 332 g/mol. The molecule has 0 N–H and O–H groups in total. The largest absolute Gasteiger partial charge is 0.293 e. The van der Waals surface area contributed by atoms with E-state index >= 15 is 0 Å². The number of nitrogens with zero attached hydrogens (tertiary/aromatic N) is 2. The Morgan fingerprint density at radius 3 is 2.62 bits per heavy atom. The Kier molecular flexibility index (Phi) is 4.57. The van der Waals surface area contributed by atoms with Crippen molar-refractivity contribution in [1.29, 1.82) is 0 Å². The van der Waals surface area contributed by atoms with E-state index in [9.17, 15) is 4.79 Å². The number of carbonyl (C=O) groups is 1. The number of rotatable bonds is 5. The van der Waals surface area contributed by atoms with E-state index in [0.717, 1.165) is 25.0 Å². The van der Waals surface area contributed by atoms with Crippen LogP contribution in [0.5, 0.6) is 0 Å². The third-order valence-electron chi connectivity index (χ3n) is 2.96. The highest BCUT2D eigenvalue weighted by atomic mass is 32.2. The van der Waals surface area contributed by atoms with Gasteiger partial charge in [0.2, 0.25) is 0 Å². The van der Waals surface area contributed by atoms with E-state index in [4.69, 9.17) is 0 Å². The Morgan fingerprint density at radius 2 is 1.86 bits per heavy atom. The van der Waals surface area contributed by atoms with Gasteiger partial charge in [0.05, 0.1) is 5.75 Å². The van der Waals surface area contributed by atoms with Crippen molar-refractivity contribution in [3.63, 3.8) is 0 Å². The van der Waals surface area contributed by atoms with Gasteiger partial charge in [0.25, 0.3) is 0 Å². The summed E-state index contributed by atoms with van der Waals surface area (Å²) in [5.41, 5.74) is 0.746. The van der Waals surface area contributed by atoms with Gasteiger partial charge in [-0.15, -0.1) is 10.2 Å². The standard InChI is InChI=1S/C15H12N2OS3/c1-19-14-16-17-15(21-14)20-9-13(18)12-7-6-10-4-2-3-5-11(10)8-12/h2-8H,9H2,1H3. The van der Waals surface area contributed by atoms with E-state index < -0.39 is 0 Å². The molecule has 3 aromatic rings. The topological polar surface area (TPSA) is 42.9 Å². The highest BCUT2D eigenvalue weighted by molar-refractivity contribution is 8.03. The average Bonchev–Trinajstić information content (AvgIpc) is 3.00. The molecule has 6 heteroatoms. The van der Waals surface area contributed by atoms with Gasteiger partial charge in [0, 0.05) is 5.56 Å². The summed E-state index contributed by atoms with van der Waals surface area (Å²) in [4.78, 5) is 12.3. The van der Waals surface area contributed by atoms with Crippen LogP contribution in [-0.4, -0.2) is 28.0 Å². The molecule has 0 unspecified atom stereocenters. The fraction of sp³-hybridized carbons (Fsp3) is 0.133. The van der Waals surface area contributed by atoms with Crippen molar-refractivity contribution in [2.45, 2.75) is 8.68 Å². The Bertz CT molecular complexity index is 785. The molecule has 106 valence electrons. The Balaban J connectivity index is 1.71. The van der Waals surface area contributed by atoms with E-state index in [1.54, 1.807) is 11.8 Å². The molecule has 0 spiro atoms. The molecule has 0 aliphatic rings. The number of fused-ring (bicyclic) bond motifs is 1. The zero-order valence-corrected chi connectivity index (χ0v) is 13.7. The molecule has 3 nitrogen and oxygen atoms in total. The van der Waals surface area contributed by atoms with Crippen LogP contribution >= 0.6 is 34.9 Å². The SMILES string of the molecule is CSc1nnc(SCC(=O)c2ccc3ccccc3c2)s1. The first-order chi connectivity index (χ1) is 10.3. The number of ketones is 1. The molecule has 0 aliphatic carbocycles. The van der Waals surface area contributed by atoms with Crippen LogP contribution in [0, 0.1) is 0 Å². The highest BCUT2D eigenvalue weighted by Gasteiger charge is 2.10. The number of hydrogen-bond donors (Lipinski definition) is 0. The number of aromatic nitrogens is 2. The van der Waals surface area contributed by atoms with Crippen LogP contribution in [0.15, 0.2) is 51.1 Å². The number of hydrogen-bond acceptors (Lipinski definition) is 6. The molecule has 0 atom stereocenters. The zero-order valence-electron chi connectivity index (χ0n) is 11.3. The quantitative estimate of drug-likeness (QED) is 0.512. The molecule has 0 saturated heterocycles. The van der Waals surface area contributed by atoms with E-state index in [1.165, 1.54) is 23.1 Å². The first-order valence-electron chi connectivity index (χ1n) is 6.28. The van der Waals surface area contributed by atoms with Gasteiger partial charge < -0.3 is 0 Å². The van der Waals surface area contributed by atoms with Crippen LogP contribution in [0.1, 0.15) is 10.4 Å². The second kappa shape index (κ2) is 6.60. The smallest absolute Gasteiger partial charge is 0.175 e. The maximum Gasteiger partial charge on any atom is 0.175 e. The molecule has 0 bridgehead atoms. The molecule has 0 fully saturated rings. The van der Waals surface area contributed by atoms with E-state index in [1.807, 2.05) is 48.7 Å². The van der Waals surface area contributed by atoms with Gasteiger partial charge in [0.15, 0.2) is 14.5 Å². The Labute approximate surface area is 135 Å². The molecule has 0 amide bonds. The Hall–Kier alpha value is -1.37. The van der Waals surface area contributed by atoms with Crippen LogP contribution in [-0.2, 0) is 0 Å².